The normalized spacial score (nSPS) is 51.8. The summed E-state index contributed by atoms with van der Waals surface area (Å²) in [7, 11) is 0. The van der Waals surface area contributed by atoms with Gasteiger partial charge in [0.25, 0.3) is 0 Å². The smallest absolute Gasteiger partial charge is 0.334 e. The van der Waals surface area contributed by atoms with Crippen molar-refractivity contribution in [2.75, 3.05) is 0 Å². The molecule has 24 heavy (non-hydrogen) atoms. The highest BCUT2D eigenvalue weighted by Gasteiger charge is 2.77. The van der Waals surface area contributed by atoms with Gasteiger partial charge < -0.3 is 14.6 Å². The van der Waals surface area contributed by atoms with Gasteiger partial charge in [-0.05, 0) is 26.3 Å². The van der Waals surface area contributed by atoms with Crippen LogP contribution in [0, 0.1) is 11.8 Å². The van der Waals surface area contributed by atoms with Crippen molar-refractivity contribution in [1.82, 2.24) is 0 Å². The Morgan fingerprint density at radius 2 is 2.08 bits per heavy atom. The second-order valence-corrected chi connectivity index (χ2v) is 7.41. The van der Waals surface area contributed by atoms with Crippen molar-refractivity contribution in [3.63, 3.8) is 0 Å². The Morgan fingerprint density at radius 1 is 1.38 bits per heavy atom. The van der Waals surface area contributed by atoms with Gasteiger partial charge >= 0.3 is 11.9 Å². The first kappa shape index (κ1) is 15.8. The quantitative estimate of drug-likeness (QED) is 0.328. The fourth-order valence-electron chi connectivity index (χ4n) is 4.75. The van der Waals surface area contributed by atoms with E-state index in [9.17, 15) is 14.7 Å². The number of aliphatic hydroxyl groups excluding tert-OH is 1. The fourth-order valence-corrected chi connectivity index (χ4v) is 4.75. The van der Waals surface area contributed by atoms with Crippen molar-refractivity contribution in [2.45, 2.75) is 56.2 Å². The summed E-state index contributed by atoms with van der Waals surface area (Å²) in [5.41, 5.74) is -3.15. The molecule has 0 aromatic carbocycles. The second kappa shape index (κ2) is 4.47. The molecule has 2 heterocycles. The van der Waals surface area contributed by atoms with Crippen molar-refractivity contribution in [3.8, 4) is 0 Å². The lowest BCUT2D eigenvalue weighted by Gasteiger charge is -2.44. The molecule has 2 bridgehead atoms. The molecule has 4 aliphatic rings. The summed E-state index contributed by atoms with van der Waals surface area (Å²) in [4.78, 5) is 34.9. The molecule has 1 saturated carbocycles. The van der Waals surface area contributed by atoms with Crippen LogP contribution in [0.15, 0.2) is 24.3 Å². The number of fused-ring (bicyclic) bond motifs is 1. The van der Waals surface area contributed by atoms with Gasteiger partial charge in [-0.25, -0.2) is 14.6 Å². The van der Waals surface area contributed by atoms with Gasteiger partial charge in [0.15, 0.2) is 11.2 Å². The van der Waals surface area contributed by atoms with Crippen LogP contribution in [-0.4, -0.2) is 46.1 Å². The van der Waals surface area contributed by atoms with E-state index in [0.29, 0.717) is 5.57 Å². The van der Waals surface area contributed by atoms with Crippen molar-refractivity contribution >= 4 is 11.9 Å². The Morgan fingerprint density at radius 3 is 2.67 bits per heavy atom. The van der Waals surface area contributed by atoms with Gasteiger partial charge in [0.05, 0.1) is 12.0 Å². The molecule has 7 nitrogen and oxygen atoms in total. The lowest BCUT2D eigenvalue weighted by molar-refractivity contribution is -0.366. The topological polar surface area (TPSA) is 91.3 Å². The lowest BCUT2D eigenvalue weighted by atomic mass is 9.70. The molecular weight excluding hydrogens is 316 g/mol. The number of ether oxygens (including phenoxy) is 2. The summed E-state index contributed by atoms with van der Waals surface area (Å²) in [6.07, 6.45) is 2.10. The van der Waals surface area contributed by atoms with Crippen LogP contribution in [-0.2, 0) is 28.8 Å². The van der Waals surface area contributed by atoms with E-state index >= 15 is 0 Å². The number of aliphatic hydroxyl groups is 1. The molecule has 1 N–H and O–H groups in total. The third kappa shape index (κ3) is 1.62. The summed E-state index contributed by atoms with van der Waals surface area (Å²) in [6.45, 7) is 8.54. The molecule has 7 atom stereocenters. The summed E-state index contributed by atoms with van der Waals surface area (Å²) in [6, 6.07) is 0. The van der Waals surface area contributed by atoms with E-state index in [2.05, 4.69) is 6.58 Å². The molecule has 2 aliphatic heterocycles. The van der Waals surface area contributed by atoms with Gasteiger partial charge in [-0.2, -0.15) is 0 Å². The van der Waals surface area contributed by atoms with Crippen LogP contribution in [0.25, 0.3) is 0 Å². The molecule has 0 amide bonds. The first-order valence-corrected chi connectivity index (χ1v) is 7.99. The number of carbonyl (C=O) groups excluding carboxylic acids is 2. The first-order chi connectivity index (χ1) is 11.1. The van der Waals surface area contributed by atoms with E-state index in [0.717, 1.165) is 0 Å². The van der Waals surface area contributed by atoms with Gasteiger partial charge in [0.1, 0.15) is 11.7 Å². The van der Waals surface area contributed by atoms with E-state index in [1.165, 1.54) is 6.92 Å². The van der Waals surface area contributed by atoms with Gasteiger partial charge in [-0.15, -0.1) is 0 Å². The number of hydrogen-bond donors (Lipinski definition) is 1. The molecule has 0 aromatic heterocycles. The van der Waals surface area contributed by atoms with Crippen molar-refractivity contribution < 1.29 is 33.9 Å². The molecule has 0 spiro atoms. The van der Waals surface area contributed by atoms with Crippen molar-refractivity contribution in [3.05, 3.63) is 24.3 Å². The predicted molar refractivity (Wildman–Crippen MR) is 79.2 cm³/mol. The zero-order chi connectivity index (χ0) is 17.5. The van der Waals surface area contributed by atoms with E-state index in [1.807, 2.05) is 13.0 Å². The van der Waals surface area contributed by atoms with Crippen LogP contribution in [0.5, 0.6) is 0 Å². The van der Waals surface area contributed by atoms with Crippen LogP contribution in [0.1, 0.15) is 27.2 Å². The molecule has 130 valence electrons. The maximum Gasteiger partial charge on any atom is 0.334 e. The van der Waals surface area contributed by atoms with Crippen LogP contribution in [0.2, 0.25) is 0 Å². The minimum absolute atomic E-state index is 0.185. The van der Waals surface area contributed by atoms with Gasteiger partial charge in [-0.3, -0.25) is 4.79 Å². The second-order valence-electron chi connectivity index (χ2n) is 7.41. The Bertz CT molecular complexity index is 684. The summed E-state index contributed by atoms with van der Waals surface area (Å²) in [5.74, 6) is -1.86. The Hall–Kier alpha value is -1.70. The summed E-state index contributed by atoms with van der Waals surface area (Å²) in [5, 5.41) is 10.9. The molecule has 7 heteroatoms. The van der Waals surface area contributed by atoms with E-state index in [-0.39, 0.29) is 6.42 Å². The summed E-state index contributed by atoms with van der Waals surface area (Å²) >= 11 is 0. The molecule has 4 rings (SSSR count). The SMILES string of the molecule is C=C1C(=O)O[C@H]2[C@H]1C[C@@H](O)[C@@](C)(OC(C)=O)[C@]13C=C[C@](C)(OO1)[C@H]23. The van der Waals surface area contributed by atoms with Crippen LogP contribution in [0.3, 0.4) is 0 Å². The van der Waals surface area contributed by atoms with Gasteiger partial charge in [0.2, 0.25) is 0 Å². The zero-order valence-electron chi connectivity index (χ0n) is 13.8. The van der Waals surface area contributed by atoms with Gasteiger partial charge in [0, 0.05) is 18.4 Å². The Labute approximate surface area is 139 Å². The number of rotatable bonds is 1. The minimum Gasteiger partial charge on any atom is -0.458 e. The van der Waals surface area contributed by atoms with Crippen LogP contribution < -0.4 is 0 Å². The van der Waals surface area contributed by atoms with E-state index < -0.39 is 52.8 Å². The third-order valence-electron chi connectivity index (χ3n) is 6.02. The maximum atomic E-state index is 12.0. The number of esters is 2. The Kier molecular flexibility index (Phi) is 2.95. The van der Waals surface area contributed by atoms with Crippen LogP contribution in [0.4, 0.5) is 0 Å². The minimum atomic E-state index is -1.38. The molecule has 2 saturated heterocycles. The van der Waals surface area contributed by atoms with Crippen LogP contribution >= 0.6 is 0 Å². The van der Waals surface area contributed by atoms with Gasteiger partial charge in [-0.1, -0.05) is 12.7 Å². The maximum absolute atomic E-state index is 12.0. The molecule has 2 aliphatic carbocycles. The average molecular weight is 336 g/mol. The highest BCUT2D eigenvalue weighted by Crippen LogP contribution is 2.62. The molecule has 0 radical (unpaired) electrons. The van der Waals surface area contributed by atoms with E-state index in [4.69, 9.17) is 19.2 Å². The van der Waals surface area contributed by atoms with E-state index in [1.54, 1.807) is 13.0 Å². The van der Waals surface area contributed by atoms with Crippen molar-refractivity contribution in [2.24, 2.45) is 11.8 Å². The third-order valence-corrected chi connectivity index (χ3v) is 6.02. The predicted octanol–water partition coefficient (Wildman–Crippen LogP) is 0.816. The molecule has 3 fully saturated rings. The molecule has 0 aromatic rings. The zero-order valence-corrected chi connectivity index (χ0v) is 13.8. The highest BCUT2D eigenvalue weighted by molar-refractivity contribution is 5.91. The van der Waals surface area contributed by atoms with Crippen molar-refractivity contribution in [1.29, 1.82) is 0 Å². The molecule has 0 unspecified atom stereocenters. The summed E-state index contributed by atoms with van der Waals surface area (Å²) < 4.78 is 11.1. The lowest BCUT2D eigenvalue weighted by Crippen LogP contribution is -2.63. The number of hydrogen-bond acceptors (Lipinski definition) is 7. The standard InChI is InChI=1S/C17H20O7/c1-8-10-7-11(19)16(4,22-9(2)18)17-6-5-15(3,23-24-17)13(17)12(10)21-14(8)20/h5-6,10-13,19H,1,7H2,2-4H3/t10-,11+,12-,13-,15-,16+,17+/m0/s1. The largest absolute Gasteiger partial charge is 0.458 e. The molecular formula is C17H20O7. The average Bonchev–Trinajstić information content (AvgIpc) is 3.04. The highest BCUT2D eigenvalue weighted by atomic mass is 17.2. The first-order valence-electron chi connectivity index (χ1n) is 7.99. The monoisotopic (exact) mass is 336 g/mol. The Balaban J connectivity index is 1.90. The fraction of sp³-hybridized carbons (Fsp3) is 0.647. The number of carbonyl (C=O) groups is 2.